The SMILES string of the molecule is O=[N+]([O-])c1ccc(F)cc1OCc1csc(-c2ccsc2)n1. The van der Waals surface area contributed by atoms with E-state index in [1.807, 2.05) is 22.2 Å². The largest absolute Gasteiger partial charge is 0.480 e. The molecule has 8 heteroatoms. The summed E-state index contributed by atoms with van der Waals surface area (Å²) < 4.78 is 18.6. The Balaban J connectivity index is 1.76. The highest BCUT2D eigenvalue weighted by molar-refractivity contribution is 7.14. The molecule has 0 bridgehead atoms. The molecule has 0 aliphatic heterocycles. The fourth-order valence-corrected chi connectivity index (χ4v) is 3.31. The number of nitro groups is 1. The summed E-state index contributed by atoms with van der Waals surface area (Å²) in [6.45, 7) is 0.0466. The second kappa shape index (κ2) is 6.20. The van der Waals surface area contributed by atoms with Gasteiger partial charge in [0.2, 0.25) is 0 Å². The van der Waals surface area contributed by atoms with Crippen LogP contribution in [0.15, 0.2) is 40.4 Å². The number of benzene rings is 1. The topological polar surface area (TPSA) is 65.3 Å². The van der Waals surface area contributed by atoms with Gasteiger partial charge in [-0.1, -0.05) is 0 Å². The molecule has 2 heterocycles. The van der Waals surface area contributed by atoms with Crippen molar-refractivity contribution in [1.82, 2.24) is 4.98 Å². The molecule has 0 aliphatic rings. The molecular weight excluding hydrogens is 327 g/mol. The zero-order chi connectivity index (χ0) is 15.5. The van der Waals surface area contributed by atoms with Crippen LogP contribution in [0.2, 0.25) is 0 Å². The van der Waals surface area contributed by atoms with Crippen LogP contribution in [-0.4, -0.2) is 9.91 Å². The predicted octanol–water partition coefficient (Wildman–Crippen LogP) is 4.50. The van der Waals surface area contributed by atoms with Gasteiger partial charge in [-0.3, -0.25) is 10.1 Å². The molecule has 1 aromatic carbocycles. The summed E-state index contributed by atoms with van der Waals surface area (Å²) in [7, 11) is 0. The van der Waals surface area contributed by atoms with Gasteiger partial charge in [0.15, 0.2) is 5.75 Å². The highest BCUT2D eigenvalue weighted by atomic mass is 32.1. The first-order valence-corrected chi connectivity index (χ1v) is 7.99. The summed E-state index contributed by atoms with van der Waals surface area (Å²) in [6, 6.07) is 5.08. The fourth-order valence-electron chi connectivity index (χ4n) is 1.80. The maximum atomic E-state index is 13.2. The Labute approximate surface area is 132 Å². The van der Waals surface area contributed by atoms with Gasteiger partial charge in [-0.15, -0.1) is 11.3 Å². The van der Waals surface area contributed by atoms with Crippen LogP contribution in [0.1, 0.15) is 5.69 Å². The van der Waals surface area contributed by atoms with E-state index in [2.05, 4.69) is 4.98 Å². The van der Waals surface area contributed by atoms with E-state index in [0.29, 0.717) is 5.69 Å². The van der Waals surface area contributed by atoms with Crippen molar-refractivity contribution < 1.29 is 14.1 Å². The van der Waals surface area contributed by atoms with Crippen LogP contribution in [0.5, 0.6) is 5.75 Å². The lowest BCUT2D eigenvalue weighted by molar-refractivity contribution is -0.386. The summed E-state index contributed by atoms with van der Waals surface area (Å²) in [5, 5.41) is 17.5. The molecule has 3 rings (SSSR count). The zero-order valence-electron chi connectivity index (χ0n) is 11.1. The van der Waals surface area contributed by atoms with Crippen molar-refractivity contribution in [2.45, 2.75) is 6.61 Å². The van der Waals surface area contributed by atoms with Gasteiger partial charge >= 0.3 is 5.69 Å². The van der Waals surface area contributed by atoms with E-state index in [-0.39, 0.29) is 18.0 Å². The molecule has 0 aliphatic carbocycles. The van der Waals surface area contributed by atoms with Gasteiger partial charge < -0.3 is 4.74 Å². The van der Waals surface area contributed by atoms with E-state index >= 15 is 0 Å². The van der Waals surface area contributed by atoms with E-state index in [1.165, 1.54) is 11.3 Å². The van der Waals surface area contributed by atoms with Crippen molar-refractivity contribution in [2.75, 3.05) is 0 Å². The maximum absolute atomic E-state index is 13.2. The number of halogens is 1. The second-order valence-corrected chi connectivity index (χ2v) is 5.95. The van der Waals surface area contributed by atoms with E-state index in [1.54, 1.807) is 11.3 Å². The van der Waals surface area contributed by atoms with Crippen LogP contribution in [-0.2, 0) is 6.61 Å². The third kappa shape index (κ3) is 3.12. The Bertz CT molecular complexity index is 802. The first-order valence-electron chi connectivity index (χ1n) is 6.17. The summed E-state index contributed by atoms with van der Waals surface area (Å²) >= 11 is 3.04. The number of thiophene rings is 1. The first-order chi connectivity index (χ1) is 10.6. The molecular formula is C14H9FN2O3S2. The number of thiazole rings is 1. The van der Waals surface area contributed by atoms with Gasteiger partial charge in [-0.25, -0.2) is 9.37 Å². The molecule has 112 valence electrons. The number of nitrogens with zero attached hydrogens (tertiary/aromatic N) is 2. The molecule has 3 aromatic rings. The second-order valence-electron chi connectivity index (χ2n) is 4.31. The highest BCUT2D eigenvalue weighted by Gasteiger charge is 2.16. The van der Waals surface area contributed by atoms with Crippen LogP contribution in [0, 0.1) is 15.9 Å². The minimum Gasteiger partial charge on any atom is -0.480 e. The Morgan fingerprint density at radius 1 is 1.32 bits per heavy atom. The number of rotatable bonds is 5. The average molecular weight is 336 g/mol. The third-order valence-corrected chi connectivity index (χ3v) is 4.44. The molecule has 0 atom stereocenters. The Kier molecular flexibility index (Phi) is 4.12. The van der Waals surface area contributed by atoms with Crippen LogP contribution in [0.25, 0.3) is 10.6 Å². The highest BCUT2D eigenvalue weighted by Crippen LogP contribution is 2.29. The van der Waals surface area contributed by atoms with Gasteiger partial charge in [0.1, 0.15) is 17.4 Å². The number of hydrogen-bond acceptors (Lipinski definition) is 6. The zero-order valence-corrected chi connectivity index (χ0v) is 12.7. The van der Waals surface area contributed by atoms with Gasteiger partial charge in [0.05, 0.1) is 10.6 Å². The van der Waals surface area contributed by atoms with Gasteiger partial charge in [-0.2, -0.15) is 11.3 Å². The summed E-state index contributed by atoms with van der Waals surface area (Å²) in [6.07, 6.45) is 0. The van der Waals surface area contributed by atoms with Gasteiger partial charge in [-0.05, 0) is 17.5 Å². The molecule has 2 aromatic heterocycles. The van der Waals surface area contributed by atoms with E-state index < -0.39 is 10.7 Å². The maximum Gasteiger partial charge on any atom is 0.311 e. The predicted molar refractivity (Wildman–Crippen MR) is 82.8 cm³/mol. The van der Waals surface area contributed by atoms with Crippen molar-refractivity contribution >= 4 is 28.4 Å². The molecule has 0 spiro atoms. The molecule has 0 fully saturated rings. The average Bonchev–Trinajstić information content (AvgIpc) is 3.16. The van der Waals surface area contributed by atoms with Crippen molar-refractivity contribution in [1.29, 1.82) is 0 Å². The number of hydrogen-bond donors (Lipinski definition) is 0. The molecule has 0 saturated heterocycles. The van der Waals surface area contributed by atoms with Crippen LogP contribution in [0.3, 0.4) is 0 Å². The third-order valence-electron chi connectivity index (χ3n) is 2.81. The Hall–Kier alpha value is -2.32. The van der Waals surface area contributed by atoms with E-state index in [0.717, 1.165) is 28.8 Å². The number of ether oxygens (including phenoxy) is 1. The smallest absolute Gasteiger partial charge is 0.311 e. The van der Waals surface area contributed by atoms with Gasteiger partial charge in [0.25, 0.3) is 0 Å². The van der Waals surface area contributed by atoms with Crippen molar-refractivity contribution in [3.8, 4) is 16.3 Å². The lowest BCUT2D eigenvalue weighted by Gasteiger charge is -2.05. The molecule has 0 saturated carbocycles. The summed E-state index contributed by atoms with van der Waals surface area (Å²) in [5.74, 6) is -0.687. The van der Waals surface area contributed by atoms with Crippen molar-refractivity contribution in [3.63, 3.8) is 0 Å². The minimum atomic E-state index is -0.605. The number of nitro benzene ring substituents is 1. The lowest BCUT2D eigenvalue weighted by Crippen LogP contribution is -2.00. The molecule has 0 amide bonds. The number of aromatic nitrogens is 1. The molecule has 0 unspecified atom stereocenters. The van der Waals surface area contributed by atoms with E-state index in [4.69, 9.17) is 4.74 Å². The first kappa shape index (κ1) is 14.6. The summed E-state index contributed by atoms with van der Waals surface area (Å²) in [5.41, 5.74) is 1.40. The van der Waals surface area contributed by atoms with Crippen LogP contribution >= 0.6 is 22.7 Å². The normalized spacial score (nSPS) is 10.6. The van der Waals surface area contributed by atoms with E-state index in [9.17, 15) is 14.5 Å². The van der Waals surface area contributed by atoms with Crippen molar-refractivity contribution in [2.24, 2.45) is 0 Å². The van der Waals surface area contributed by atoms with Gasteiger partial charge in [0, 0.05) is 28.5 Å². The molecule has 22 heavy (non-hydrogen) atoms. The Morgan fingerprint density at radius 2 is 2.18 bits per heavy atom. The fraction of sp³-hybridized carbons (Fsp3) is 0.0714. The monoisotopic (exact) mass is 336 g/mol. The quantitative estimate of drug-likeness (QED) is 0.508. The van der Waals surface area contributed by atoms with Crippen LogP contribution < -0.4 is 4.74 Å². The molecule has 0 N–H and O–H groups in total. The lowest BCUT2D eigenvalue weighted by atomic mass is 10.3. The van der Waals surface area contributed by atoms with Crippen LogP contribution in [0.4, 0.5) is 10.1 Å². The molecule has 5 nitrogen and oxygen atoms in total. The summed E-state index contributed by atoms with van der Waals surface area (Å²) in [4.78, 5) is 14.7. The standard InChI is InChI=1S/C14H9FN2O3S2/c15-10-1-2-12(17(18)19)13(5-10)20-6-11-8-22-14(16-11)9-3-4-21-7-9/h1-5,7-8H,6H2. The molecule has 0 radical (unpaired) electrons. The Morgan fingerprint density at radius 3 is 2.91 bits per heavy atom. The van der Waals surface area contributed by atoms with Crippen molar-refractivity contribution in [3.05, 3.63) is 62.0 Å². The minimum absolute atomic E-state index is 0.0466.